The van der Waals surface area contributed by atoms with Crippen LogP contribution in [0.2, 0.25) is 5.02 Å². The number of phenols is 2. The van der Waals surface area contributed by atoms with Crippen LogP contribution in [-0.4, -0.2) is 10.2 Å². The summed E-state index contributed by atoms with van der Waals surface area (Å²) < 4.78 is 0. The number of rotatable bonds is 0. The molecule has 0 amide bonds. The Labute approximate surface area is 63.7 Å². The zero-order valence-corrected chi connectivity index (χ0v) is 6.18. The second-order valence-electron chi connectivity index (χ2n) is 2.04. The maximum atomic E-state index is 9.05. The average Bonchev–Trinajstić information content (AvgIpc) is 1.93. The van der Waals surface area contributed by atoms with E-state index in [1.807, 2.05) is 0 Å². The molecule has 54 valence electrons. The Morgan fingerprint density at radius 3 is 2.40 bits per heavy atom. The Morgan fingerprint density at radius 2 is 1.90 bits per heavy atom. The molecule has 0 spiro atoms. The van der Waals surface area contributed by atoms with Crippen LogP contribution in [-0.2, 0) is 0 Å². The van der Waals surface area contributed by atoms with E-state index in [0.717, 1.165) is 0 Å². The lowest BCUT2D eigenvalue weighted by Crippen LogP contribution is -1.76. The van der Waals surface area contributed by atoms with E-state index in [0.29, 0.717) is 10.6 Å². The number of halogens is 1. The monoisotopic (exact) mass is 158 g/mol. The number of phenolic OH excluding ortho intramolecular Hbond substituents is 2. The molecule has 0 fully saturated rings. The van der Waals surface area contributed by atoms with Gasteiger partial charge in [0.2, 0.25) is 0 Å². The van der Waals surface area contributed by atoms with Gasteiger partial charge in [0.25, 0.3) is 0 Å². The van der Waals surface area contributed by atoms with E-state index in [1.165, 1.54) is 12.1 Å². The molecule has 0 atom stereocenters. The number of aromatic hydroxyl groups is 2. The lowest BCUT2D eigenvalue weighted by Gasteiger charge is -2.01. The highest BCUT2D eigenvalue weighted by atomic mass is 35.5. The summed E-state index contributed by atoms with van der Waals surface area (Å²) in [6, 6.07) is 2.89. The van der Waals surface area contributed by atoms with Crippen molar-refractivity contribution in [2.24, 2.45) is 0 Å². The van der Waals surface area contributed by atoms with Crippen LogP contribution in [0.4, 0.5) is 0 Å². The summed E-state index contributed by atoms with van der Waals surface area (Å²) in [6.45, 7) is 1.64. The third-order valence-electron chi connectivity index (χ3n) is 1.34. The zero-order chi connectivity index (χ0) is 7.72. The molecule has 1 aromatic carbocycles. The summed E-state index contributed by atoms with van der Waals surface area (Å²) in [4.78, 5) is 0. The third-order valence-corrected chi connectivity index (χ3v) is 1.75. The van der Waals surface area contributed by atoms with Gasteiger partial charge in [0.15, 0.2) is 11.5 Å². The largest absolute Gasteiger partial charge is 0.504 e. The van der Waals surface area contributed by atoms with Crippen LogP contribution in [0.3, 0.4) is 0 Å². The SMILES string of the molecule is Cc1c(Cl)ccc(O)c1O. The predicted octanol–water partition coefficient (Wildman–Crippen LogP) is 2.06. The van der Waals surface area contributed by atoms with Crippen LogP contribution >= 0.6 is 11.6 Å². The van der Waals surface area contributed by atoms with Crippen molar-refractivity contribution in [3.63, 3.8) is 0 Å². The Bertz CT molecular complexity index is 231. The Kier molecular flexibility index (Phi) is 1.72. The van der Waals surface area contributed by atoms with E-state index >= 15 is 0 Å². The molecule has 0 saturated heterocycles. The van der Waals surface area contributed by atoms with Gasteiger partial charge >= 0.3 is 0 Å². The Hall–Kier alpha value is -0.890. The molecule has 0 aliphatic carbocycles. The van der Waals surface area contributed by atoms with Crippen molar-refractivity contribution in [2.45, 2.75) is 6.92 Å². The molecule has 1 rings (SSSR count). The molecule has 0 aliphatic heterocycles. The maximum absolute atomic E-state index is 9.05. The van der Waals surface area contributed by atoms with Crippen LogP contribution < -0.4 is 0 Å². The van der Waals surface area contributed by atoms with E-state index < -0.39 is 0 Å². The molecule has 2 N–H and O–H groups in total. The summed E-state index contributed by atoms with van der Waals surface area (Å²) in [5, 5.41) is 18.4. The molecule has 0 radical (unpaired) electrons. The molecule has 0 saturated carbocycles. The van der Waals surface area contributed by atoms with E-state index in [1.54, 1.807) is 6.92 Å². The standard InChI is InChI=1S/C7H7ClO2/c1-4-5(8)2-3-6(9)7(4)10/h2-3,9-10H,1H3. The average molecular weight is 159 g/mol. The van der Waals surface area contributed by atoms with Gasteiger partial charge in [-0.2, -0.15) is 0 Å². The molecular formula is C7H7ClO2. The van der Waals surface area contributed by atoms with Gasteiger partial charge < -0.3 is 10.2 Å². The minimum absolute atomic E-state index is 0.137. The highest BCUT2D eigenvalue weighted by molar-refractivity contribution is 6.31. The van der Waals surface area contributed by atoms with Gasteiger partial charge in [0, 0.05) is 10.6 Å². The molecule has 0 heterocycles. The molecule has 3 heteroatoms. The fourth-order valence-electron chi connectivity index (χ4n) is 0.661. The zero-order valence-electron chi connectivity index (χ0n) is 5.43. The summed E-state index contributed by atoms with van der Waals surface area (Å²) in [6.07, 6.45) is 0. The second kappa shape index (κ2) is 2.39. The third kappa shape index (κ3) is 1.02. The molecule has 1 aromatic rings. The van der Waals surface area contributed by atoms with Crippen LogP contribution in [0.15, 0.2) is 12.1 Å². The topological polar surface area (TPSA) is 40.5 Å². The first-order valence-corrected chi connectivity index (χ1v) is 3.17. The minimum Gasteiger partial charge on any atom is -0.504 e. The van der Waals surface area contributed by atoms with Crippen LogP contribution in [0.1, 0.15) is 5.56 Å². The second-order valence-corrected chi connectivity index (χ2v) is 2.45. The van der Waals surface area contributed by atoms with Gasteiger partial charge in [-0.05, 0) is 19.1 Å². The molecule has 2 nitrogen and oxygen atoms in total. The van der Waals surface area contributed by atoms with Crippen molar-refractivity contribution < 1.29 is 10.2 Å². The Balaban J connectivity index is 3.34. The van der Waals surface area contributed by atoms with Crippen molar-refractivity contribution in [3.05, 3.63) is 22.7 Å². The summed E-state index contributed by atoms with van der Waals surface area (Å²) in [5.74, 6) is -0.283. The van der Waals surface area contributed by atoms with E-state index in [2.05, 4.69) is 0 Å². The van der Waals surface area contributed by atoms with Crippen molar-refractivity contribution >= 4 is 11.6 Å². The smallest absolute Gasteiger partial charge is 0.161 e. The van der Waals surface area contributed by atoms with Gasteiger partial charge in [-0.15, -0.1) is 0 Å². The van der Waals surface area contributed by atoms with E-state index in [4.69, 9.17) is 21.8 Å². The lowest BCUT2D eigenvalue weighted by molar-refractivity contribution is 0.401. The van der Waals surface area contributed by atoms with Crippen molar-refractivity contribution in [1.82, 2.24) is 0 Å². The molecule has 0 aromatic heterocycles. The summed E-state index contributed by atoms with van der Waals surface area (Å²) in [7, 11) is 0. The summed E-state index contributed by atoms with van der Waals surface area (Å²) >= 11 is 5.61. The molecular weight excluding hydrogens is 152 g/mol. The van der Waals surface area contributed by atoms with E-state index in [-0.39, 0.29) is 11.5 Å². The molecule has 0 unspecified atom stereocenters. The number of hydrogen-bond acceptors (Lipinski definition) is 2. The van der Waals surface area contributed by atoms with Crippen molar-refractivity contribution in [1.29, 1.82) is 0 Å². The minimum atomic E-state index is -0.146. The molecule has 0 aliphatic rings. The van der Waals surface area contributed by atoms with E-state index in [9.17, 15) is 0 Å². The van der Waals surface area contributed by atoms with Gasteiger partial charge in [0.05, 0.1) is 0 Å². The van der Waals surface area contributed by atoms with Gasteiger partial charge in [-0.3, -0.25) is 0 Å². The van der Waals surface area contributed by atoms with Gasteiger partial charge in [0.1, 0.15) is 0 Å². The number of hydrogen-bond donors (Lipinski definition) is 2. The first kappa shape index (κ1) is 7.22. The van der Waals surface area contributed by atoms with Crippen LogP contribution in [0, 0.1) is 6.92 Å². The van der Waals surface area contributed by atoms with Crippen molar-refractivity contribution in [3.8, 4) is 11.5 Å². The molecule has 0 bridgehead atoms. The highest BCUT2D eigenvalue weighted by Crippen LogP contribution is 2.32. The number of benzene rings is 1. The van der Waals surface area contributed by atoms with Crippen LogP contribution in [0.5, 0.6) is 11.5 Å². The van der Waals surface area contributed by atoms with Crippen LogP contribution in [0.25, 0.3) is 0 Å². The fourth-order valence-corrected chi connectivity index (χ4v) is 0.814. The normalized spacial score (nSPS) is 9.80. The lowest BCUT2D eigenvalue weighted by atomic mass is 10.2. The Morgan fingerprint density at radius 1 is 1.30 bits per heavy atom. The predicted molar refractivity (Wildman–Crippen MR) is 39.5 cm³/mol. The van der Waals surface area contributed by atoms with Gasteiger partial charge in [-0.25, -0.2) is 0 Å². The maximum Gasteiger partial charge on any atom is 0.161 e. The summed E-state index contributed by atoms with van der Waals surface area (Å²) in [5.41, 5.74) is 0.502. The first-order valence-electron chi connectivity index (χ1n) is 2.80. The molecule has 10 heavy (non-hydrogen) atoms. The van der Waals surface area contributed by atoms with Crippen molar-refractivity contribution in [2.75, 3.05) is 0 Å². The first-order chi connectivity index (χ1) is 4.63. The quantitative estimate of drug-likeness (QED) is 0.568. The van der Waals surface area contributed by atoms with Gasteiger partial charge in [-0.1, -0.05) is 11.6 Å². The highest BCUT2D eigenvalue weighted by Gasteiger charge is 2.04. The fraction of sp³-hybridized carbons (Fsp3) is 0.143.